The molecule has 0 amide bonds. The summed E-state index contributed by atoms with van der Waals surface area (Å²) in [4.78, 5) is 2.72. The molecular weight excluding hydrogens is 228 g/mol. The average molecular weight is 256 g/mol. The van der Waals surface area contributed by atoms with E-state index in [1.165, 1.54) is 64.0 Å². The van der Waals surface area contributed by atoms with Crippen molar-refractivity contribution >= 4 is 11.8 Å². The molecule has 2 saturated heterocycles. The molecule has 0 bridgehead atoms. The van der Waals surface area contributed by atoms with E-state index in [0.717, 1.165) is 6.04 Å². The summed E-state index contributed by atoms with van der Waals surface area (Å²) in [7, 11) is 0. The Labute approximate surface area is 111 Å². The Morgan fingerprint density at radius 2 is 2.29 bits per heavy atom. The Balaban J connectivity index is 1.85. The van der Waals surface area contributed by atoms with Crippen molar-refractivity contribution in [2.24, 2.45) is 0 Å². The van der Waals surface area contributed by atoms with Crippen LogP contribution >= 0.6 is 11.8 Å². The highest BCUT2D eigenvalue weighted by Gasteiger charge is 2.32. The maximum atomic E-state index is 3.70. The summed E-state index contributed by atoms with van der Waals surface area (Å²) in [6.07, 6.45) is 6.80. The monoisotopic (exact) mass is 256 g/mol. The second-order valence-corrected chi connectivity index (χ2v) is 7.61. The number of nitrogens with one attached hydrogen (secondary N) is 1. The van der Waals surface area contributed by atoms with E-state index in [1.807, 2.05) is 0 Å². The number of nitrogens with zero attached hydrogens (tertiary/aromatic N) is 1. The molecule has 0 aromatic carbocycles. The maximum absolute atomic E-state index is 3.70. The lowest BCUT2D eigenvalue weighted by Gasteiger charge is -2.32. The molecule has 2 nitrogen and oxygen atoms in total. The fourth-order valence-corrected chi connectivity index (χ4v) is 4.54. The predicted octanol–water partition coefficient (Wildman–Crippen LogP) is 2.74. The van der Waals surface area contributed by atoms with Crippen molar-refractivity contribution in [2.75, 3.05) is 31.9 Å². The largest absolute Gasteiger partial charge is 0.313 e. The van der Waals surface area contributed by atoms with Crippen LogP contribution in [0.25, 0.3) is 0 Å². The molecule has 2 unspecified atom stereocenters. The van der Waals surface area contributed by atoms with E-state index >= 15 is 0 Å². The van der Waals surface area contributed by atoms with Crippen LogP contribution in [-0.2, 0) is 0 Å². The van der Waals surface area contributed by atoms with Crippen LogP contribution in [0.5, 0.6) is 0 Å². The summed E-state index contributed by atoms with van der Waals surface area (Å²) in [6, 6.07) is 0.734. The fraction of sp³-hybridized carbons (Fsp3) is 1.00. The maximum Gasteiger partial charge on any atom is 0.0259 e. The van der Waals surface area contributed by atoms with Crippen molar-refractivity contribution < 1.29 is 0 Å². The van der Waals surface area contributed by atoms with Gasteiger partial charge in [0, 0.05) is 23.9 Å². The molecular formula is C14H28N2S. The lowest BCUT2D eigenvalue weighted by molar-refractivity contribution is 0.239. The second-order valence-electron chi connectivity index (χ2n) is 5.93. The molecule has 0 saturated carbocycles. The Kier molecular flexibility index (Phi) is 5.19. The molecule has 2 heterocycles. The van der Waals surface area contributed by atoms with E-state index in [1.54, 1.807) is 0 Å². The van der Waals surface area contributed by atoms with Gasteiger partial charge in [-0.2, -0.15) is 11.8 Å². The molecule has 0 aromatic heterocycles. The van der Waals surface area contributed by atoms with Crippen molar-refractivity contribution in [3.63, 3.8) is 0 Å². The summed E-state index contributed by atoms with van der Waals surface area (Å²) in [5, 5.41) is 3.70. The summed E-state index contributed by atoms with van der Waals surface area (Å²) >= 11 is 2.20. The first-order valence-electron chi connectivity index (χ1n) is 7.31. The van der Waals surface area contributed by atoms with Crippen LogP contribution in [0.2, 0.25) is 0 Å². The first-order chi connectivity index (χ1) is 8.22. The molecule has 100 valence electrons. The SMILES string of the molecule is CCCC1CN(CC2(C)CCCS2)CCCN1. The molecule has 0 aliphatic carbocycles. The Morgan fingerprint density at radius 1 is 1.41 bits per heavy atom. The van der Waals surface area contributed by atoms with E-state index in [-0.39, 0.29) is 0 Å². The van der Waals surface area contributed by atoms with Crippen LogP contribution in [0.3, 0.4) is 0 Å². The van der Waals surface area contributed by atoms with Gasteiger partial charge in [-0.25, -0.2) is 0 Å². The van der Waals surface area contributed by atoms with Crippen LogP contribution < -0.4 is 5.32 Å². The van der Waals surface area contributed by atoms with Gasteiger partial charge in [0.15, 0.2) is 0 Å². The first kappa shape index (κ1) is 13.7. The normalized spacial score (nSPS) is 36.0. The number of thioether (sulfide) groups is 1. The smallest absolute Gasteiger partial charge is 0.0259 e. The third-order valence-corrected chi connectivity index (χ3v) is 5.58. The highest BCUT2D eigenvalue weighted by Crippen LogP contribution is 2.38. The zero-order chi connectivity index (χ0) is 12.1. The van der Waals surface area contributed by atoms with E-state index < -0.39 is 0 Å². The van der Waals surface area contributed by atoms with Crippen molar-refractivity contribution in [3.05, 3.63) is 0 Å². The summed E-state index contributed by atoms with van der Waals surface area (Å²) in [5.41, 5.74) is 0. The molecule has 2 atom stereocenters. The van der Waals surface area contributed by atoms with Crippen LogP contribution in [-0.4, -0.2) is 47.6 Å². The molecule has 2 rings (SSSR count). The summed E-state index contributed by atoms with van der Waals surface area (Å²) in [6.45, 7) is 9.85. The molecule has 0 spiro atoms. The zero-order valence-corrected chi connectivity index (χ0v) is 12.3. The van der Waals surface area contributed by atoms with Gasteiger partial charge >= 0.3 is 0 Å². The highest BCUT2D eigenvalue weighted by atomic mass is 32.2. The van der Waals surface area contributed by atoms with E-state index in [4.69, 9.17) is 0 Å². The molecule has 3 heteroatoms. The predicted molar refractivity (Wildman–Crippen MR) is 77.9 cm³/mol. The lowest BCUT2D eigenvalue weighted by Crippen LogP contribution is -2.43. The molecule has 0 radical (unpaired) electrons. The van der Waals surface area contributed by atoms with E-state index in [0.29, 0.717) is 4.75 Å². The van der Waals surface area contributed by atoms with E-state index in [9.17, 15) is 0 Å². The Hall–Kier alpha value is 0.270. The fourth-order valence-electron chi connectivity index (χ4n) is 3.20. The van der Waals surface area contributed by atoms with Gasteiger partial charge in [-0.05, 0) is 51.4 Å². The number of hydrogen-bond donors (Lipinski definition) is 1. The van der Waals surface area contributed by atoms with Gasteiger partial charge in [-0.3, -0.25) is 0 Å². The zero-order valence-electron chi connectivity index (χ0n) is 11.5. The average Bonchev–Trinajstić information content (AvgIpc) is 2.58. The van der Waals surface area contributed by atoms with Crippen LogP contribution in [0.1, 0.15) is 46.0 Å². The summed E-state index contributed by atoms with van der Waals surface area (Å²) < 4.78 is 0.543. The summed E-state index contributed by atoms with van der Waals surface area (Å²) in [5.74, 6) is 1.38. The lowest BCUT2D eigenvalue weighted by atomic mass is 10.0. The Bertz CT molecular complexity index is 226. The van der Waals surface area contributed by atoms with E-state index in [2.05, 4.69) is 35.8 Å². The van der Waals surface area contributed by atoms with Crippen molar-refractivity contribution in [3.8, 4) is 0 Å². The van der Waals surface area contributed by atoms with Crippen molar-refractivity contribution in [1.82, 2.24) is 10.2 Å². The van der Waals surface area contributed by atoms with Gasteiger partial charge in [0.25, 0.3) is 0 Å². The molecule has 0 aromatic rings. The minimum absolute atomic E-state index is 0.543. The van der Waals surface area contributed by atoms with Gasteiger partial charge in [-0.1, -0.05) is 13.3 Å². The van der Waals surface area contributed by atoms with Gasteiger partial charge in [0.05, 0.1) is 0 Å². The topological polar surface area (TPSA) is 15.3 Å². The molecule has 2 aliphatic rings. The molecule has 1 N–H and O–H groups in total. The molecule has 2 fully saturated rings. The van der Waals surface area contributed by atoms with Gasteiger partial charge in [0.1, 0.15) is 0 Å². The van der Waals surface area contributed by atoms with Crippen LogP contribution in [0.15, 0.2) is 0 Å². The number of rotatable bonds is 4. The third kappa shape index (κ3) is 4.15. The Morgan fingerprint density at radius 3 is 3.00 bits per heavy atom. The number of hydrogen-bond acceptors (Lipinski definition) is 3. The molecule has 17 heavy (non-hydrogen) atoms. The molecule has 2 aliphatic heterocycles. The van der Waals surface area contributed by atoms with Gasteiger partial charge in [0.2, 0.25) is 0 Å². The quantitative estimate of drug-likeness (QED) is 0.832. The third-order valence-electron chi connectivity index (χ3n) is 4.06. The first-order valence-corrected chi connectivity index (χ1v) is 8.30. The standard InChI is InChI=1S/C14H28N2S/c1-3-6-13-11-16(9-5-8-15-13)12-14(2)7-4-10-17-14/h13,15H,3-12H2,1-2H3. The van der Waals surface area contributed by atoms with Crippen LogP contribution in [0, 0.1) is 0 Å². The van der Waals surface area contributed by atoms with Crippen LogP contribution in [0.4, 0.5) is 0 Å². The second kappa shape index (κ2) is 6.44. The minimum atomic E-state index is 0.543. The van der Waals surface area contributed by atoms with Crippen molar-refractivity contribution in [1.29, 1.82) is 0 Å². The van der Waals surface area contributed by atoms with Crippen molar-refractivity contribution in [2.45, 2.75) is 56.7 Å². The van der Waals surface area contributed by atoms with Gasteiger partial charge in [-0.15, -0.1) is 0 Å². The highest BCUT2D eigenvalue weighted by molar-refractivity contribution is 8.00. The van der Waals surface area contributed by atoms with Gasteiger partial charge < -0.3 is 10.2 Å². The minimum Gasteiger partial charge on any atom is -0.313 e.